The summed E-state index contributed by atoms with van der Waals surface area (Å²) >= 11 is 0. The first-order valence-electron chi connectivity index (χ1n) is 5.97. The summed E-state index contributed by atoms with van der Waals surface area (Å²) in [5, 5.41) is 0. The molecule has 15 heavy (non-hydrogen) atoms. The number of nitrogens with zero attached hydrogens (tertiary/aromatic N) is 1. The van der Waals surface area contributed by atoms with Crippen molar-refractivity contribution >= 4 is 5.78 Å². The number of likely N-dealkylation sites (tertiary alicyclic amines) is 1. The minimum atomic E-state index is 0.192. The molecule has 86 valence electrons. The lowest BCUT2D eigenvalue weighted by Gasteiger charge is -2.21. The van der Waals surface area contributed by atoms with Crippen LogP contribution in [0.4, 0.5) is 0 Å². The van der Waals surface area contributed by atoms with E-state index in [-0.39, 0.29) is 6.04 Å². The van der Waals surface area contributed by atoms with E-state index in [9.17, 15) is 4.79 Å². The number of likely N-dealkylation sites (N-methyl/N-ethyl adjacent to an activating group) is 1. The molecule has 1 saturated carbocycles. The molecule has 0 aromatic heterocycles. The van der Waals surface area contributed by atoms with Gasteiger partial charge in [0.2, 0.25) is 0 Å². The standard InChI is InChI=1S/C13H23NO/c1-9(15)10-6-13(8-14(10)5)7-11(13)12(2,3)4/h10-11H,6-8H2,1-5H3/t10?,11?,13-/m0/s1. The molecule has 1 heterocycles. The van der Waals surface area contributed by atoms with Crippen LogP contribution in [0.3, 0.4) is 0 Å². The van der Waals surface area contributed by atoms with Gasteiger partial charge in [0.05, 0.1) is 6.04 Å². The molecule has 1 aliphatic carbocycles. The third kappa shape index (κ3) is 1.73. The van der Waals surface area contributed by atoms with Crippen LogP contribution in [0.5, 0.6) is 0 Å². The van der Waals surface area contributed by atoms with Crippen LogP contribution >= 0.6 is 0 Å². The van der Waals surface area contributed by atoms with Gasteiger partial charge in [0, 0.05) is 6.54 Å². The Morgan fingerprint density at radius 3 is 2.27 bits per heavy atom. The quantitative estimate of drug-likeness (QED) is 0.660. The third-order valence-electron chi connectivity index (χ3n) is 4.40. The second-order valence-electron chi connectivity index (χ2n) is 6.73. The Kier molecular flexibility index (Phi) is 2.27. The average molecular weight is 209 g/mol. The molecule has 3 atom stereocenters. The number of hydrogen-bond acceptors (Lipinski definition) is 2. The van der Waals surface area contributed by atoms with E-state index in [4.69, 9.17) is 0 Å². The molecule has 2 heteroatoms. The van der Waals surface area contributed by atoms with Crippen molar-refractivity contribution in [3.8, 4) is 0 Å². The number of hydrogen-bond donors (Lipinski definition) is 0. The highest BCUT2D eigenvalue weighted by Gasteiger charge is 2.63. The van der Waals surface area contributed by atoms with Crippen molar-refractivity contribution in [2.45, 2.75) is 46.6 Å². The first-order chi connectivity index (χ1) is 6.76. The van der Waals surface area contributed by atoms with Gasteiger partial charge in [-0.05, 0) is 43.6 Å². The van der Waals surface area contributed by atoms with Gasteiger partial charge in [-0.2, -0.15) is 0 Å². The molecular weight excluding hydrogens is 186 g/mol. The summed E-state index contributed by atoms with van der Waals surface area (Å²) in [6.07, 6.45) is 2.42. The smallest absolute Gasteiger partial charge is 0.146 e. The molecule has 1 saturated heterocycles. The van der Waals surface area contributed by atoms with Crippen LogP contribution in [0, 0.1) is 16.7 Å². The second kappa shape index (κ2) is 3.07. The van der Waals surface area contributed by atoms with Crippen LogP contribution in [-0.4, -0.2) is 30.3 Å². The fourth-order valence-corrected chi connectivity index (χ4v) is 3.64. The van der Waals surface area contributed by atoms with Gasteiger partial charge in [-0.25, -0.2) is 0 Å². The van der Waals surface area contributed by atoms with Crippen LogP contribution in [0.2, 0.25) is 0 Å². The molecular formula is C13H23NO. The second-order valence-corrected chi connectivity index (χ2v) is 6.73. The van der Waals surface area contributed by atoms with Crippen LogP contribution in [0.1, 0.15) is 40.5 Å². The average Bonchev–Trinajstić information content (AvgIpc) is 2.63. The molecule has 0 amide bonds. The van der Waals surface area contributed by atoms with E-state index in [2.05, 4.69) is 32.7 Å². The summed E-state index contributed by atoms with van der Waals surface area (Å²) in [7, 11) is 2.10. The third-order valence-corrected chi connectivity index (χ3v) is 4.40. The molecule has 0 N–H and O–H groups in total. The van der Waals surface area contributed by atoms with Gasteiger partial charge in [0.25, 0.3) is 0 Å². The maximum atomic E-state index is 11.5. The number of rotatable bonds is 1. The Morgan fingerprint density at radius 2 is 1.93 bits per heavy atom. The van der Waals surface area contributed by atoms with Gasteiger partial charge < -0.3 is 0 Å². The molecule has 0 aromatic carbocycles. The van der Waals surface area contributed by atoms with Gasteiger partial charge in [-0.15, -0.1) is 0 Å². The molecule has 2 nitrogen and oxygen atoms in total. The lowest BCUT2D eigenvalue weighted by atomic mass is 9.83. The zero-order valence-electron chi connectivity index (χ0n) is 10.6. The molecule has 2 unspecified atom stereocenters. The first kappa shape index (κ1) is 11.1. The minimum absolute atomic E-state index is 0.192. The van der Waals surface area contributed by atoms with Crippen LogP contribution in [-0.2, 0) is 4.79 Å². The molecule has 0 radical (unpaired) electrons. The lowest BCUT2D eigenvalue weighted by molar-refractivity contribution is -0.120. The molecule has 2 fully saturated rings. The van der Waals surface area contributed by atoms with Gasteiger partial charge in [0.15, 0.2) is 0 Å². The van der Waals surface area contributed by atoms with E-state index in [1.807, 2.05) is 0 Å². The van der Waals surface area contributed by atoms with E-state index in [1.54, 1.807) is 6.92 Å². The van der Waals surface area contributed by atoms with Crippen molar-refractivity contribution < 1.29 is 4.79 Å². The molecule has 1 spiro atoms. The zero-order valence-corrected chi connectivity index (χ0v) is 10.6. The summed E-state index contributed by atoms with van der Waals surface area (Å²) in [5.74, 6) is 1.16. The predicted molar refractivity (Wildman–Crippen MR) is 61.7 cm³/mol. The zero-order chi connectivity index (χ0) is 11.4. The molecule has 0 aromatic rings. The van der Waals surface area contributed by atoms with E-state index >= 15 is 0 Å². The van der Waals surface area contributed by atoms with Gasteiger partial charge in [-0.1, -0.05) is 20.8 Å². The van der Waals surface area contributed by atoms with Crippen LogP contribution in [0.15, 0.2) is 0 Å². The predicted octanol–water partition coefficient (Wildman–Crippen LogP) is 2.33. The van der Waals surface area contributed by atoms with Crippen molar-refractivity contribution in [1.29, 1.82) is 0 Å². The summed E-state index contributed by atoms with van der Waals surface area (Å²) in [6, 6.07) is 0.192. The van der Waals surface area contributed by atoms with Crippen molar-refractivity contribution in [3.05, 3.63) is 0 Å². The Bertz CT molecular complexity index is 291. The number of Topliss-reactive ketones (excluding diaryl/α,β-unsaturated/α-hetero) is 1. The summed E-state index contributed by atoms with van der Waals surface area (Å²) in [4.78, 5) is 13.7. The topological polar surface area (TPSA) is 20.3 Å². The number of carbonyl (C=O) groups excluding carboxylic acids is 1. The first-order valence-corrected chi connectivity index (χ1v) is 5.97. The highest BCUT2D eigenvalue weighted by Crippen LogP contribution is 2.66. The Hall–Kier alpha value is -0.370. The van der Waals surface area contributed by atoms with E-state index < -0.39 is 0 Å². The van der Waals surface area contributed by atoms with E-state index in [1.165, 1.54) is 6.42 Å². The minimum Gasteiger partial charge on any atom is -0.298 e. The summed E-state index contributed by atoms with van der Waals surface area (Å²) in [6.45, 7) is 9.84. The van der Waals surface area contributed by atoms with Crippen molar-refractivity contribution in [3.63, 3.8) is 0 Å². The largest absolute Gasteiger partial charge is 0.298 e. The highest BCUT2D eigenvalue weighted by atomic mass is 16.1. The Balaban J connectivity index is 2.08. The summed E-state index contributed by atoms with van der Waals surface area (Å²) < 4.78 is 0. The van der Waals surface area contributed by atoms with Crippen LogP contribution in [0.25, 0.3) is 0 Å². The van der Waals surface area contributed by atoms with E-state index in [0.717, 1.165) is 18.9 Å². The Labute approximate surface area is 93.0 Å². The molecule has 2 aliphatic rings. The maximum absolute atomic E-state index is 11.5. The monoisotopic (exact) mass is 209 g/mol. The molecule has 1 aliphatic heterocycles. The maximum Gasteiger partial charge on any atom is 0.146 e. The van der Waals surface area contributed by atoms with Gasteiger partial charge in [-0.3, -0.25) is 9.69 Å². The number of ketones is 1. The normalized spacial score (nSPS) is 41.1. The lowest BCUT2D eigenvalue weighted by Crippen LogP contribution is -2.30. The van der Waals surface area contributed by atoms with Crippen LogP contribution < -0.4 is 0 Å². The molecule has 2 rings (SSSR count). The van der Waals surface area contributed by atoms with Crippen molar-refractivity contribution in [2.24, 2.45) is 16.7 Å². The summed E-state index contributed by atoms with van der Waals surface area (Å²) in [5.41, 5.74) is 0.885. The van der Waals surface area contributed by atoms with Crippen molar-refractivity contribution in [2.75, 3.05) is 13.6 Å². The van der Waals surface area contributed by atoms with E-state index in [0.29, 0.717) is 16.6 Å². The fraction of sp³-hybridized carbons (Fsp3) is 0.923. The number of carbonyl (C=O) groups is 1. The van der Waals surface area contributed by atoms with Crippen molar-refractivity contribution in [1.82, 2.24) is 4.90 Å². The fourth-order valence-electron chi connectivity index (χ4n) is 3.64. The van der Waals surface area contributed by atoms with Gasteiger partial charge >= 0.3 is 0 Å². The highest BCUT2D eigenvalue weighted by molar-refractivity contribution is 5.82. The molecule has 0 bridgehead atoms. The van der Waals surface area contributed by atoms with Gasteiger partial charge in [0.1, 0.15) is 5.78 Å². The Morgan fingerprint density at radius 1 is 1.33 bits per heavy atom. The SMILES string of the molecule is CC(=O)C1C[C@]2(CC2C(C)(C)C)CN1C.